The zero-order valence-electron chi connectivity index (χ0n) is 14.1. The van der Waals surface area contributed by atoms with Crippen LogP contribution in [0.25, 0.3) is 6.08 Å². The monoisotopic (exact) mass is 326 g/mol. The number of rotatable bonds is 3. The third-order valence-electron chi connectivity index (χ3n) is 4.40. The number of hydrogen-bond acceptors (Lipinski definition) is 4. The van der Waals surface area contributed by atoms with Gasteiger partial charge in [0.2, 0.25) is 0 Å². The van der Waals surface area contributed by atoms with E-state index in [1.807, 2.05) is 32.9 Å². The van der Waals surface area contributed by atoms with E-state index >= 15 is 0 Å². The summed E-state index contributed by atoms with van der Waals surface area (Å²) in [4.78, 5) is 0. The van der Waals surface area contributed by atoms with E-state index in [1.54, 1.807) is 18.2 Å². The van der Waals surface area contributed by atoms with E-state index in [0.29, 0.717) is 24.2 Å². The Bertz CT molecular complexity index is 819. The SMILES string of the molecule is Cc1c(O)cc(CCc2cccc(O)c2O)c2c1OC(C)(C)C=C2. The van der Waals surface area contributed by atoms with E-state index in [0.717, 1.165) is 16.7 Å². The zero-order valence-corrected chi connectivity index (χ0v) is 14.1. The predicted molar refractivity (Wildman–Crippen MR) is 93.8 cm³/mol. The van der Waals surface area contributed by atoms with Crippen molar-refractivity contribution in [2.75, 3.05) is 0 Å². The summed E-state index contributed by atoms with van der Waals surface area (Å²) >= 11 is 0. The molecule has 0 fully saturated rings. The van der Waals surface area contributed by atoms with E-state index in [9.17, 15) is 15.3 Å². The third kappa shape index (κ3) is 2.92. The Morgan fingerprint density at radius 2 is 1.71 bits per heavy atom. The summed E-state index contributed by atoms with van der Waals surface area (Å²) in [5.41, 5.74) is 2.90. The number of phenols is 3. The molecule has 3 rings (SSSR count). The lowest BCUT2D eigenvalue weighted by Crippen LogP contribution is -2.28. The minimum Gasteiger partial charge on any atom is -0.508 e. The molecular weight excluding hydrogens is 304 g/mol. The maximum absolute atomic E-state index is 10.2. The second kappa shape index (κ2) is 5.78. The molecule has 4 nitrogen and oxygen atoms in total. The van der Waals surface area contributed by atoms with E-state index in [-0.39, 0.29) is 17.2 Å². The van der Waals surface area contributed by atoms with Crippen LogP contribution in [0.15, 0.2) is 30.3 Å². The third-order valence-corrected chi connectivity index (χ3v) is 4.40. The molecule has 2 aromatic carbocycles. The molecule has 126 valence electrons. The van der Waals surface area contributed by atoms with Gasteiger partial charge in [0.15, 0.2) is 11.5 Å². The summed E-state index contributed by atoms with van der Waals surface area (Å²) < 4.78 is 6.03. The summed E-state index contributed by atoms with van der Waals surface area (Å²) in [5, 5.41) is 29.8. The van der Waals surface area contributed by atoms with Gasteiger partial charge in [-0.2, -0.15) is 0 Å². The van der Waals surface area contributed by atoms with Crippen LogP contribution in [0.4, 0.5) is 0 Å². The molecule has 0 saturated carbocycles. The number of benzene rings is 2. The Labute approximate surface area is 141 Å². The van der Waals surface area contributed by atoms with Crippen molar-refractivity contribution in [1.82, 2.24) is 0 Å². The van der Waals surface area contributed by atoms with Gasteiger partial charge in [0.05, 0.1) is 0 Å². The molecule has 1 aliphatic heterocycles. The molecule has 0 bridgehead atoms. The molecule has 1 heterocycles. The smallest absolute Gasteiger partial charge is 0.160 e. The Morgan fingerprint density at radius 1 is 1.00 bits per heavy atom. The first-order chi connectivity index (χ1) is 11.3. The number of para-hydroxylation sites is 1. The molecular formula is C20H22O4. The van der Waals surface area contributed by atoms with Crippen LogP contribution in [0.1, 0.15) is 36.1 Å². The van der Waals surface area contributed by atoms with E-state index < -0.39 is 5.60 Å². The van der Waals surface area contributed by atoms with Crippen molar-refractivity contribution < 1.29 is 20.1 Å². The van der Waals surface area contributed by atoms with Crippen molar-refractivity contribution >= 4 is 6.08 Å². The second-order valence-electron chi connectivity index (χ2n) is 6.75. The average Bonchev–Trinajstić information content (AvgIpc) is 2.52. The van der Waals surface area contributed by atoms with Crippen molar-refractivity contribution in [3.8, 4) is 23.0 Å². The quantitative estimate of drug-likeness (QED) is 0.743. The number of hydrogen-bond donors (Lipinski definition) is 3. The molecule has 1 aliphatic rings. The second-order valence-corrected chi connectivity index (χ2v) is 6.75. The van der Waals surface area contributed by atoms with Gasteiger partial charge >= 0.3 is 0 Å². The van der Waals surface area contributed by atoms with Gasteiger partial charge in [-0.05, 0) is 62.9 Å². The molecule has 4 heteroatoms. The minimum absolute atomic E-state index is 0.0874. The summed E-state index contributed by atoms with van der Waals surface area (Å²) in [6.07, 6.45) is 5.19. The number of ether oxygens (including phenoxy) is 1. The van der Waals surface area contributed by atoms with Crippen molar-refractivity contribution in [3.63, 3.8) is 0 Å². The number of fused-ring (bicyclic) bond motifs is 1. The van der Waals surface area contributed by atoms with Crippen LogP contribution in [0.3, 0.4) is 0 Å². The first-order valence-corrected chi connectivity index (χ1v) is 8.02. The van der Waals surface area contributed by atoms with Gasteiger partial charge < -0.3 is 20.1 Å². The van der Waals surface area contributed by atoms with Gasteiger partial charge in [0.25, 0.3) is 0 Å². The first kappa shape index (κ1) is 16.2. The van der Waals surface area contributed by atoms with Crippen molar-refractivity contribution in [2.24, 2.45) is 0 Å². The van der Waals surface area contributed by atoms with Gasteiger partial charge in [0, 0.05) is 11.1 Å². The van der Waals surface area contributed by atoms with E-state index in [1.165, 1.54) is 6.07 Å². The van der Waals surface area contributed by atoms with E-state index in [4.69, 9.17) is 4.74 Å². The summed E-state index contributed by atoms with van der Waals surface area (Å²) in [7, 11) is 0. The van der Waals surface area contributed by atoms with Crippen LogP contribution in [0, 0.1) is 6.92 Å². The standard InChI is InChI=1S/C20H22O4/c1-12-17(22)11-14(15-9-10-20(2,3)24-19(12)15)8-7-13-5-4-6-16(21)18(13)23/h4-6,9-11,21-23H,7-8H2,1-3H3. The highest BCUT2D eigenvalue weighted by Gasteiger charge is 2.26. The molecule has 0 saturated heterocycles. The zero-order chi connectivity index (χ0) is 17.5. The lowest BCUT2D eigenvalue weighted by molar-refractivity contribution is 0.157. The molecule has 0 amide bonds. The molecule has 24 heavy (non-hydrogen) atoms. The first-order valence-electron chi connectivity index (χ1n) is 8.02. The van der Waals surface area contributed by atoms with Crippen LogP contribution in [0.5, 0.6) is 23.0 Å². The van der Waals surface area contributed by atoms with Crippen LogP contribution in [0.2, 0.25) is 0 Å². The normalized spacial score (nSPS) is 15.0. The minimum atomic E-state index is -0.410. The topological polar surface area (TPSA) is 69.9 Å². The Balaban J connectivity index is 1.95. The maximum atomic E-state index is 10.2. The van der Waals surface area contributed by atoms with Gasteiger partial charge in [-0.1, -0.05) is 18.2 Å². The lowest BCUT2D eigenvalue weighted by Gasteiger charge is -2.30. The fourth-order valence-electron chi connectivity index (χ4n) is 2.97. The molecule has 0 spiro atoms. The Kier molecular flexibility index (Phi) is 3.91. The molecule has 0 atom stereocenters. The highest BCUT2D eigenvalue weighted by Crippen LogP contribution is 2.41. The van der Waals surface area contributed by atoms with E-state index in [2.05, 4.69) is 0 Å². The number of phenolic OH excluding ortho intramolecular Hbond substituents is 3. The highest BCUT2D eigenvalue weighted by atomic mass is 16.5. The number of aryl methyl sites for hydroxylation is 2. The maximum Gasteiger partial charge on any atom is 0.160 e. The molecule has 0 aromatic heterocycles. The van der Waals surface area contributed by atoms with Crippen LogP contribution in [-0.4, -0.2) is 20.9 Å². The van der Waals surface area contributed by atoms with Crippen LogP contribution < -0.4 is 4.74 Å². The van der Waals surface area contributed by atoms with Crippen molar-refractivity contribution in [2.45, 2.75) is 39.2 Å². The van der Waals surface area contributed by atoms with Crippen molar-refractivity contribution in [1.29, 1.82) is 0 Å². The summed E-state index contributed by atoms with van der Waals surface area (Å²) in [5.74, 6) is 0.703. The predicted octanol–water partition coefficient (Wildman–Crippen LogP) is 4.08. The summed E-state index contributed by atoms with van der Waals surface area (Å²) in [6.45, 7) is 5.79. The Hall–Kier alpha value is -2.62. The van der Waals surface area contributed by atoms with Gasteiger partial charge in [-0.15, -0.1) is 0 Å². The van der Waals surface area contributed by atoms with Gasteiger partial charge in [-0.3, -0.25) is 0 Å². The molecule has 0 unspecified atom stereocenters. The van der Waals surface area contributed by atoms with Gasteiger partial charge in [-0.25, -0.2) is 0 Å². The average molecular weight is 326 g/mol. The van der Waals surface area contributed by atoms with Gasteiger partial charge in [0.1, 0.15) is 17.1 Å². The molecule has 0 radical (unpaired) electrons. The summed E-state index contributed by atoms with van der Waals surface area (Å²) in [6, 6.07) is 6.69. The molecule has 0 aliphatic carbocycles. The lowest BCUT2D eigenvalue weighted by atomic mass is 9.92. The molecule has 3 N–H and O–H groups in total. The fourth-order valence-corrected chi connectivity index (χ4v) is 2.97. The molecule has 2 aromatic rings. The largest absolute Gasteiger partial charge is 0.508 e. The Morgan fingerprint density at radius 3 is 2.46 bits per heavy atom. The van der Waals surface area contributed by atoms with Crippen LogP contribution in [-0.2, 0) is 12.8 Å². The fraction of sp³-hybridized carbons (Fsp3) is 0.300. The van der Waals surface area contributed by atoms with Crippen LogP contribution >= 0.6 is 0 Å². The number of aromatic hydroxyl groups is 3. The van der Waals surface area contributed by atoms with Crippen molar-refractivity contribution in [3.05, 3.63) is 52.6 Å². The highest BCUT2D eigenvalue weighted by molar-refractivity contribution is 5.69.